The number of imide groups is 1. The SMILES string of the molecule is CN1C(=O)CC(Nc2ccnc3c(N)cccc23)C1=O. The molecule has 2 amide bonds. The van der Waals surface area contributed by atoms with Gasteiger partial charge >= 0.3 is 0 Å². The molecule has 0 bridgehead atoms. The van der Waals surface area contributed by atoms with Crippen LogP contribution in [-0.2, 0) is 9.59 Å². The summed E-state index contributed by atoms with van der Waals surface area (Å²) in [6.07, 6.45) is 1.80. The second kappa shape index (κ2) is 4.48. The van der Waals surface area contributed by atoms with Crippen molar-refractivity contribution in [2.75, 3.05) is 18.1 Å². The number of likely N-dealkylation sites (N-methyl/N-ethyl adjacent to an activating group) is 1. The topological polar surface area (TPSA) is 88.3 Å². The molecule has 20 heavy (non-hydrogen) atoms. The first-order valence-corrected chi connectivity index (χ1v) is 6.28. The maximum atomic E-state index is 11.9. The van der Waals surface area contributed by atoms with Crippen LogP contribution in [0.4, 0.5) is 11.4 Å². The largest absolute Gasteiger partial charge is 0.397 e. The third kappa shape index (κ3) is 1.85. The number of nitrogens with one attached hydrogen (secondary N) is 1. The fourth-order valence-electron chi connectivity index (χ4n) is 2.38. The van der Waals surface area contributed by atoms with Crippen LogP contribution in [0.5, 0.6) is 0 Å². The number of nitrogens with two attached hydrogens (primary N) is 1. The van der Waals surface area contributed by atoms with Crippen molar-refractivity contribution >= 4 is 34.1 Å². The van der Waals surface area contributed by atoms with Gasteiger partial charge in [0.15, 0.2) is 0 Å². The van der Waals surface area contributed by atoms with Gasteiger partial charge < -0.3 is 11.1 Å². The number of fused-ring (bicyclic) bond motifs is 1. The number of pyridine rings is 1. The second-order valence-corrected chi connectivity index (χ2v) is 4.79. The summed E-state index contributed by atoms with van der Waals surface area (Å²) < 4.78 is 0. The Morgan fingerprint density at radius 3 is 2.85 bits per heavy atom. The van der Waals surface area contributed by atoms with Crippen molar-refractivity contribution in [3.8, 4) is 0 Å². The molecule has 3 rings (SSSR count). The van der Waals surface area contributed by atoms with Gasteiger partial charge in [-0.15, -0.1) is 0 Å². The van der Waals surface area contributed by atoms with Crippen molar-refractivity contribution in [2.45, 2.75) is 12.5 Å². The smallest absolute Gasteiger partial charge is 0.251 e. The highest BCUT2D eigenvalue weighted by Gasteiger charge is 2.36. The number of para-hydroxylation sites is 1. The molecule has 0 saturated carbocycles. The number of benzene rings is 1. The predicted octanol–water partition coefficient (Wildman–Crippen LogP) is 0.986. The predicted molar refractivity (Wildman–Crippen MR) is 76.0 cm³/mol. The molecule has 1 fully saturated rings. The fraction of sp³-hybridized carbons (Fsp3) is 0.214. The summed E-state index contributed by atoms with van der Waals surface area (Å²) >= 11 is 0. The van der Waals surface area contributed by atoms with E-state index in [-0.39, 0.29) is 18.2 Å². The summed E-state index contributed by atoms with van der Waals surface area (Å²) in [5, 5.41) is 3.95. The summed E-state index contributed by atoms with van der Waals surface area (Å²) in [4.78, 5) is 28.8. The van der Waals surface area contributed by atoms with Gasteiger partial charge in [-0.3, -0.25) is 19.5 Å². The molecule has 2 aromatic rings. The fourth-order valence-corrected chi connectivity index (χ4v) is 2.38. The lowest BCUT2D eigenvalue weighted by Gasteiger charge is -2.14. The highest BCUT2D eigenvalue weighted by molar-refractivity contribution is 6.07. The molecule has 1 aromatic heterocycles. The Labute approximate surface area is 115 Å². The van der Waals surface area contributed by atoms with Crippen LogP contribution in [0.15, 0.2) is 30.5 Å². The minimum Gasteiger partial charge on any atom is -0.397 e. The van der Waals surface area contributed by atoms with Crippen molar-refractivity contribution in [3.63, 3.8) is 0 Å². The van der Waals surface area contributed by atoms with E-state index >= 15 is 0 Å². The van der Waals surface area contributed by atoms with Gasteiger partial charge in [-0.05, 0) is 12.1 Å². The first kappa shape index (κ1) is 12.4. The van der Waals surface area contributed by atoms with Gasteiger partial charge in [0.2, 0.25) is 5.91 Å². The highest BCUT2D eigenvalue weighted by Crippen LogP contribution is 2.27. The Hall–Kier alpha value is -2.63. The van der Waals surface area contributed by atoms with Crippen molar-refractivity contribution in [2.24, 2.45) is 0 Å². The average Bonchev–Trinajstić information content (AvgIpc) is 2.68. The van der Waals surface area contributed by atoms with Gasteiger partial charge in [0, 0.05) is 24.3 Å². The molecule has 1 aromatic carbocycles. The Balaban J connectivity index is 1.98. The number of amides is 2. The first-order valence-electron chi connectivity index (χ1n) is 6.28. The zero-order valence-electron chi connectivity index (χ0n) is 11.0. The van der Waals surface area contributed by atoms with Gasteiger partial charge in [-0.1, -0.05) is 12.1 Å². The van der Waals surface area contributed by atoms with Crippen LogP contribution < -0.4 is 11.1 Å². The monoisotopic (exact) mass is 270 g/mol. The van der Waals surface area contributed by atoms with Crippen LogP contribution in [0.3, 0.4) is 0 Å². The molecule has 1 aliphatic rings. The molecule has 2 heterocycles. The zero-order valence-corrected chi connectivity index (χ0v) is 11.0. The Kier molecular flexibility index (Phi) is 2.78. The molecule has 1 unspecified atom stereocenters. The average molecular weight is 270 g/mol. The minimum absolute atomic E-state index is 0.168. The number of nitrogens with zero attached hydrogens (tertiary/aromatic N) is 2. The van der Waals surface area contributed by atoms with E-state index < -0.39 is 6.04 Å². The maximum Gasteiger partial charge on any atom is 0.251 e. The normalized spacial score (nSPS) is 18.9. The number of anilines is 2. The molecule has 1 atom stereocenters. The Morgan fingerprint density at radius 1 is 1.35 bits per heavy atom. The van der Waals surface area contributed by atoms with Crippen LogP contribution in [0.2, 0.25) is 0 Å². The zero-order chi connectivity index (χ0) is 14.3. The van der Waals surface area contributed by atoms with Gasteiger partial charge in [0.25, 0.3) is 5.91 Å². The van der Waals surface area contributed by atoms with Crippen LogP contribution in [0.25, 0.3) is 10.9 Å². The highest BCUT2D eigenvalue weighted by atomic mass is 16.2. The van der Waals surface area contributed by atoms with Crippen LogP contribution in [0.1, 0.15) is 6.42 Å². The molecule has 0 spiro atoms. The summed E-state index contributed by atoms with van der Waals surface area (Å²) in [6, 6.07) is 6.73. The molecule has 6 heteroatoms. The van der Waals surface area contributed by atoms with Gasteiger partial charge in [-0.25, -0.2) is 0 Å². The molecule has 0 aliphatic carbocycles. The van der Waals surface area contributed by atoms with Gasteiger partial charge in [0.05, 0.1) is 17.6 Å². The van der Waals surface area contributed by atoms with Crippen molar-refractivity contribution in [3.05, 3.63) is 30.5 Å². The van der Waals surface area contributed by atoms with Crippen molar-refractivity contribution in [1.29, 1.82) is 0 Å². The molecule has 6 nitrogen and oxygen atoms in total. The second-order valence-electron chi connectivity index (χ2n) is 4.79. The van der Waals surface area contributed by atoms with E-state index in [1.165, 1.54) is 7.05 Å². The number of carbonyl (C=O) groups is 2. The van der Waals surface area contributed by atoms with Crippen molar-refractivity contribution in [1.82, 2.24) is 9.88 Å². The molecule has 1 saturated heterocycles. The van der Waals surface area contributed by atoms with E-state index in [1.807, 2.05) is 12.1 Å². The lowest BCUT2D eigenvalue weighted by molar-refractivity contribution is -0.136. The Bertz CT molecular complexity index is 713. The van der Waals surface area contributed by atoms with Crippen LogP contribution in [0, 0.1) is 0 Å². The lowest BCUT2D eigenvalue weighted by Crippen LogP contribution is -2.31. The summed E-state index contributed by atoms with van der Waals surface area (Å²) in [5.41, 5.74) is 7.90. The summed E-state index contributed by atoms with van der Waals surface area (Å²) in [5.74, 6) is -0.394. The molecule has 0 radical (unpaired) electrons. The lowest BCUT2D eigenvalue weighted by atomic mass is 10.1. The van der Waals surface area contributed by atoms with Crippen LogP contribution in [-0.4, -0.2) is 34.8 Å². The first-order chi connectivity index (χ1) is 9.58. The number of nitrogen functional groups attached to an aromatic ring is 1. The van der Waals surface area contributed by atoms with E-state index in [0.29, 0.717) is 11.2 Å². The van der Waals surface area contributed by atoms with Gasteiger partial charge in [0.1, 0.15) is 6.04 Å². The number of carbonyl (C=O) groups excluding carboxylic acids is 2. The number of hydrogen-bond donors (Lipinski definition) is 2. The van der Waals surface area contributed by atoms with E-state index in [1.54, 1.807) is 18.3 Å². The third-order valence-corrected chi connectivity index (χ3v) is 3.51. The number of likely N-dealkylation sites (tertiary alicyclic amines) is 1. The number of hydrogen-bond acceptors (Lipinski definition) is 5. The van der Waals surface area contributed by atoms with Crippen molar-refractivity contribution < 1.29 is 9.59 Å². The number of rotatable bonds is 2. The van der Waals surface area contributed by atoms with E-state index in [4.69, 9.17) is 5.73 Å². The van der Waals surface area contributed by atoms with E-state index in [2.05, 4.69) is 10.3 Å². The Morgan fingerprint density at radius 2 is 2.15 bits per heavy atom. The molecule has 3 N–H and O–H groups in total. The standard InChI is InChI=1S/C14H14N4O2/c1-18-12(19)7-11(14(18)20)17-10-5-6-16-13-8(10)3-2-4-9(13)15/h2-6,11H,7,15H2,1H3,(H,16,17). The summed E-state index contributed by atoms with van der Waals surface area (Å²) in [7, 11) is 1.50. The quantitative estimate of drug-likeness (QED) is 0.627. The molecular weight excluding hydrogens is 256 g/mol. The third-order valence-electron chi connectivity index (χ3n) is 3.51. The minimum atomic E-state index is -0.528. The molecular formula is C14H14N4O2. The van der Waals surface area contributed by atoms with Gasteiger partial charge in [-0.2, -0.15) is 0 Å². The van der Waals surface area contributed by atoms with Crippen LogP contribution >= 0.6 is 0 Å². The van der Waals surface area contributed by atoms with E-state index in [9.17, 15) is 9.59 Å². The summed E-state index contributed by atoms with van der Waals surface area (Å²) in [6.45, 7) is 0. The van der Waals surface area contributed by atoms with E-state index in [0.717, 1.165) is 16.0 Å². The number of aromatic nitrogens is 1. The maximum absolute atomic E-state index is 11.9. The molecule has 1 aliphatic heterocycles. The molecule has 102 valence electrons.